The second-order valence-electron chi connectivity index (χ2n) is 4.20. The van der Waals surface area contributed by atoms with Crippen LogP contribution in [0.4, 0.5) is 0 Å². The van der Waals surface area contributed by atoms with E-state index in [1.807, 2.05) is 0 Å². The Morgan fingerprint density at radius 2 is 1.86 bits per heavy atom. The van der Waals surface area contributed by atoms with E-state index in [9.17, 15) is 0 Å². The van der Waals surface area contributed by atoms with Crippen molar-refractivity contribution in [2.24, 2.45) is 0 Å². The first kappa shape index (κ1) is 13.2. The van der Waals surface area contributed by atoms with Crippen molar-refractivity contribution >= 4 is 37.8 Å². The summed E-state index contributed by atoms with van der Waals surface area (Å²) >= 11 is 0. The van der Waals surface area contributed by atoms with E-state index in [0.29, 0.717) is 0 Å². The van der Waals surface area contributed by atoms with Gasteiger partial charge in [-0.25, -0.2) is 9.06 Å². The Morgan fingerprint density at radius 1 is 1.21 bits per heavy atom. The smallest absolute Gasteiger partial charge is 0.0149 e. The molecule has 0 N–H and O–H groups in total. The van der Waals surface area contributed by atoms with Gasteiger partial charge in [0.1, 0.15) is 0 Å². The Morgan fingerprint density at radius 3 is 2.43 bits per heavy atom. The first-order chi connectivity index (χ1) is 6.42. The summed E-state index contributed by atoms with van der Waals surface area (Å²) in [6.07, 6.45) is 16.1. The lowest BCUT2D eigenvalue weighted by Crippen LogP contribution is -2.16. The molecule has 0 saturated carbocycles. The lowest BCUT2D eigenvalue weighted by molar-refractivity contribution is 0.986. The highest BCUT2D eigenvalue weighted by Crippen LogP contribution is 2.86. The molecule has 14 heavy (non-hydrogen) atoms. The third-order valence-corrected chi connectivity index (χ3v) is 24.8. The van der Waals surface area contributed by atoms with Crippen molar-refractivity contribution in [1.29, 1.82) is 0 Å². The molecule has 1 heterocycles. The van der Waals surface area contributed by atoms with Crippen molar-refractivity contribution in [2.45, 2.75) is 18.6 Å². The van der Waals surface area contributed by atoms with E-state index in [0.717, 1.165) is 5.25 Å². The summed E-state index contributed by atoms with van der Waals surface area (Å²) in [6, 6.07) is 0. The number of allylic oxidation sites excluding steroid dienone is 1. The molecule has 0 bridgehead atoms. The monoisotopic (exact) mass is 270 g/mol. The van der Waals surface area contributed by atoms with E-state index in [1.54, 1.807) is 0 Å². The van der Waals surface area contributed by atoms with Crippen LogP contribution in [0.5, 0.6) is 0 Å². The van der Waals surface area contributed by atoms with Gasteiger partial charge in [0.25, 0.3) is 0 Å². The normalized spacial score (nSPS) is 36.2. The Bertz CT molecular complexity index is 220. The lowest BCUT2D eigenvalue weighted by atomic mass is 10.3. The molecule has 0 aromatic carbocycles. The van der Waals surface area contributed by atoms with Gasteiger partial charge in [-0.2, -0.15) is 8.09 Å². The molecule has 1 saturated heterocycles. The molecule has 4 heteroatoms. The first-order valence-corrected chi connectivity index (χ1v) is 13.1. The zero-order chi connectivity index (χ0) is 10.8. The minimum absolute atomic E-state index is 0.457. The van der Waals surface area contributed by atoms with Crippen LogP contribution in [-0.4, -0.2) is 36.0 Å². The average Bonchev–Trinajstić information content (AvgIpc) is 2.17. The van der Waals surface area contributed by atoms with Gasteiger partial charge in [0, 0.05) is 11.0 Å². The van der Waals surface area contributed by atoms with Crippen LogP contribution in [0.25, 0.3) is 0 Å². The van der Waals surface area contributed by atoms with Gasteiger partial charge in [-0.15, -0.1) is 0 Å². The SMILES string of the molecule is C/C=C/C1CCSSS(C)(C)S1(C)C. The largest absolute Gasteiger partial charge is 0.200 e. The fourth-order valence-electron chi connectivity index (χ4n) is 1.47. The highest BCUT2D eigenvalue weighted by atomic mass is 33.7. The van der Waals surface area contributed by atoms with Gasteiger partial charge in [-0.3, -0.25) is 0 Å². The fourth-order valence-corrected chi connectivity index (χ4v) is 17.9. The molecule has 0 aliphatic carbocycles. The zero-order valence-electron chi connectivity index (χ0n) is 9.78. The Balaban J connectivity index is 2.94. The molecule has 0 radical (unpaired) electrons. The predicted octanol–water partition coefficient (Wildman–Crippen LogP) is 4.67. The summed E-state index contributed by atoms with van der Waals surface area (Å²) in [5.41, 5.74) is 0. The van der Waals surface area contributed by atoms with E-state index in [4.69, 9.17) is 0 Å². The minimum atomic E-state index is -0.462. The molecule has 1 rings (SSSR count). The first-order valence-electron chi connectivity index (χ1n) is 4.81. The highest BCUT2D eigenvalue weighted by Gasteiger charge is 2.36. The van der Waals surface area contributed by atoms with Crippen molar-refractivity contribution in [3.05, 3.63) is 12.2 Å². The summed E-state index contributed by atoms with van der Waals surface area (Å²) in [5, 5.41) is 0.847. The molecule has 0 aromatic rings. The van der Waals surface area contributed by atoms with Crippen molar-refractivity contribution < 1.29 is 0 Å². The second kappa shape index (κ2) is 4.98. The summed E-state index contributed by atoms with van der Waals surface area (Å²) in [5.74, 6) is 1.33. The van der Waals surface area contributed by atoms with Gasteiger partial charge in [0.15, 0.2) is 0 Å². The molecule has 0 spiro atoms. The lowest BCUT2D eigenvalue weighted by Gasteiger charge is -2.52. The van der Waals surface area contributed by atoms with Crippen LogP contribution >= 0.6 is 37.8 Å². The van der Waals surface area contributed by atoms with Crippen LogP contribution in [-0.2, 0) is 0 Å². The van der Waals surface area contributed by atoms with E-state index in [-0.39, 0.29) is 0 Å². The zero-order valence-corrected chi connectivity index (χ0v) is 13.0. The summed E-state index contributed by atoms with van der Waals surface area (Å²) < 4.78 is 0. The molecule has 0 nitrogen and oxygen atoms in total. The Labute approximate surface area is 98.9 Å². The number of rotatable bonds is 1. The third-order valence-electron chi connectivity index (χ3n) is 2.87. The van der Waals surface area contributed by atoms with Crippen LogP contribution in [0, 0.1) is 0 Å². The summed E-state index contributed by atoms with van der Waals surface area (Å²) in [4.78, 5) is 0. The predicted molar refractivity (Wildman–Crippen MR) is 82.1 cm³/mol. The fraction of sp³-hybridized carbons (Fsp3) is 0.800. The standard InChI is InChI=1S/C10H22S4/c1-6-7-10-8-9-11-12-14(4,5)13(10,2)3/h6-7,10H,8-9H2,1-5H3/b7-6+. The average molecular weight is 271 g/mol. The van der Waals surface area contributed by atoms with Gasteiger partial charge in [-0.05, 0) is 48.2 Å². The quantitative estimate of drug-likeness (QED) is 0.501. The van der Waals surface area contributed by atoms with Crippen LogP contribution < -0.4 is 0 Å². The van der Waals surface area contributed by atoms with E-state index < -0.39 is 17.2 Å². The molecular weight excluding hydrogens is 248 g/mol. The van der Waals surface area contributed by atoms with E-state index in [2.05, 4.69) is 64.7 Å². The molecule has 1 aliphatic rings. The summed E-state index contributed by atoms with van der Waals surface area (Å²) in [6.45, 7) is 2.16. The third kappa shape index (κ3) is 2.63. The maximum Gasteiger partial charge on any atom is 0.0149 e. The summed E-state index contributed by atoms with van der Waals surface area (Å²) in [7, 11) is 3.36. The molecule has 86 valence electrons. The molecule has 1 unspecified atom stereocenters. The topological polar surface area (TPSA) is 0 Å². The number of hydrogen-bond donors (Lipinski definition) is 0. The molecule has 0 aromatic heterocycles. The Hall–Kier alpha value is 1.14. The molecule has 1 aliphatic heterocycles. The van der Waals surface area contributed by atoms with Crippen molar-refractivity contribution in [2.75, 3.05) is 30.8 Å². The molecule has 1 fully saturated rings. The van der Waals surface area contributed by atoms with Crippen LogP contribution in [0.1, 0.15) is 13.3 Å². The highest BCUT2D eigenvalue weighted by molar-refractivity contribution is 9.43. The number of hydrogen-bond acceptors (Lipinski definition) is 2. The van der Waals surface area contributed by atoms with Crippen molar-refractivity contribution in [3.63, 3.8) is 0 Å². The van der Waals surface area contributed by atoms with Crippen LogP contribution in [0.2, 0.25) is 0 Å². The van der Waals surface area contributed by atoms with E-state index >= 15 is 0 Å². The molecular formula is C10H22S4. The Kier molecular flexibility index (Phi) is 4.70. The second-order valence-corrected chi connectivity index (χ2v) is 21.0. The van der Waals surface area contributed by atoms with Gasteiger partial charge >= 0.3 is 0 Å². The molecule has 1 atom stereocenters. The van der Waals surface area contributed by atoms with Crippen LogP contribution in [0.15, 0.2) is 12.2 Å². The van der Waals surface area contributed by atoms with Crippen molar-refractivity contribution in [1.82, 2.24) is 0 Å². The van der Waals surface area contributed by atoms with Gasteiger partial charge in [-0.1, -0.05) is 22.9 Å². The van der Waals surface area contributed by atoms with E-state index in [1.165, 1.54) is 12.2 Å². The van der Waals surface area contributed by atoms with Gasteiger partial charge < -0.3 is 0 Å². The maximum atomic E-state index is 2.53. The van der Waals surface area contributed by atoms with Crippen LogP contribution in [0.3, 0.4) is 0 Å². The maximum absolute atomic E-state index is 2.53. The van der Waals surface area contributed by atoms with Gasteiger partial charge in [0.05, 0.1) is 0 Å². The van der Waals surface area contributed by atoms with Crippen molar-refractivity contribution in [3.8, 4) is 0 Å². The molecule has 0 amide bonds. The van der Waals surface area contributed by atoms with Gasteiger partial charge in [0.2, 0.25) is 0 Å². The minimum Gasteiger partial charge on any atom is -0.200 e.